The molecule has 0 bridgehead atoms. The molecule has 4 amide bonds. The molecule has 2 aliphatic heterocycles. The molecule has 0 saturated heterocycles. The van der Waals surface area contributed by atoms with Crippen molar-refractivity contribution in [2.45, 2.75) is 13.1 Å². The van der Waals surface area contributed by atoms with Crippen molar-refractivity contribution in [1.82, 2.24) is 14.7 Å². The summed E-state index contributed by atoms with van der Waals surface area (Å²) < 4.78 is 26.8. The Bertz CT molecular complexity index is 1980. The van der Waals surface area contributed by atoms with E-state index in [1.807, 2.05) is 19.0 Å². The zero-order valence-corrected chi connectivity index (χ0v) is 29.2. The Kier molecular flexibility index (Phi) is 11.1. The lowest BCUT2D eigenvalue weighted by molar-refractivity contribution is 0.0625. The second-order valence-corrected chi connectivity index (χ2v) is 11.8. The monoisotopic (exact) mass is 697 g/mol. The number of rotatable bonds is 12. The lowest BCUT2D eigenvalue weighted by Crippen LogP contribution is -2.29. The summed E-state index contributed by atoms with van der Waals surface area (Å²) >= 11 is 0. The van der Waals surface area contributed by atoms with Gasteiger partial charge in [-0.3, -0.25) is 29.0 Å². The van der Waals surface area contributed by atoms with E-state index in [1.54, 1.807) is 68.8 Å². The highest BCUT2D eigenvalue weighted by Gasteiger charge is 2.39. The molecule has 0 unspecified atom stereocenters. The summed E-state index contributed by atoms with van der Waals surface area (Å²) in [5.41, 5.74) is 2.32. The van der Waals surface area contributed by atoms with Gasteiger partial charge in [-0.05, 0) is 62.6 Å². The summed E-state index contributed by atoms with van der Waals surface area (Å²) in [6, 6.07) is 20.0. The molecular weight excluding hydrogens is 658 g/mol. The molecule has 13 heteroatoms. The minimum atomic E-state index is -0.513. The molecule has 51 heavy (non-hydrogen) atoms. The largest absolute Gasteiger partial charge is 0.507 e. The van der Waals surface area contributed by atoms with Crippen molar-refractivity contribution in [3.63, 3.8) is 0 Å². The van der Waals surface area contributed by atoms with Crippen molar-refractivity contribution in [3.05, 3.63) is 106 Å². The molecule has 13 nitrogen and oxygen atoms in total. The molecule has 4 aromatic carbocycles. The summed E-state index contributed by atoms with van der Waals surface area (Å²) in [6.07, 6.45) is 0. The lowest BCUT2D eigenvalue weighted by Gasteiger charge is -2.17. The lowest BCUT2D eigenvalue weighted by atomic mass is 10.1. The van der Waals surface area contributed by atoms with E-state index >= 15 is 0 Å². The Morgan fingerprint density at radius 2 is 1.08 bits per heavy atom. The highest BCUT2D eigenvalue weighted by molar-refractivity contribution is 6.23. The van der Waals surface area contributed by atoms with Crippen LogP contribution in [0.3, 0.4) is 0 Å². The molecule has 0 atom stereocenters. The maximum atomic E-state index is 13.0. The fourth-order valence-electron chi connectivity index (χ4n) is 5.67. The maximum Gasteiger partial charge on any atom is 0.265 e. The van der Waals surface area contributed by atoms with E-state index in [2.05, 4.69) is 0 Å². The Morgan fingerprint density at radius 3 is 1.55 bits per heavy atom. The minimum Gasteiger partial charge on any atom is -0.507 e. The number of nitrogens with zero attached hydrogens (tertiary/aromatic N) is 3. The number of carbonyl (C=O) groups excluding carboxylic acids is 4. The number of amides is 4. The molecule has 0 spiro atoms. The molecule has 0 aliphatic carbocycles. The molecule has 0 radical (unpaired) electrons. The van der Waals surface area contributed by atoms with Crippen LogP contribution >= 0.6 is 0 Å². The van der Waals surface area contributed by atoms with Crippen LogP contribution in [0, 0.1) is 0 Å². The number of aromatic hydroxyl groups is 1. The molecular formula is C38H39N3O10. The summed E-state index contributed by atoms with van der Waals surface area (Å²) in [5.74, 6) is 0.926. The minimum absolute atomic E-state index is 0.0463. The molecule has 0 aromatic heterocycles. The van der Waals surface area contributed by atoms with Crippen molar-refractivity contribution < 1.29 is 48.0 Å². The second kappa shape index (κ2) is 15.6. The number of carbonyl (C=O) groups is 4. The smallest absolute Gasteiger partial charge is 0.265 e. The van der Waals surface area contributed by atoms with E-state index in [0.29, 0.717) is 64.2 Å². The predicted molar refractivity (Wildman–Crippen MR) is 186 cm³/mol. The Labute approximate surface area is 295 Å². The molecule has 4 aromatic rings. The number of phenolic OH excluding ortho intramolecular Hbond substituents is 1. The van der Waals surface area contributed by atoms with Gasteiger partial charge in [0.25, 0.3) is 23.6 Å². The van der Waals surface area contributed by atoms with Crippen molar-refractivity contribution in [2.75, 3.05) is 55.7 Å². The first-order valence-electron chi connectivity index (χ1n) is 15.9. The summed E-state index contributed by atoms with van der Waals surface area (Å²) in [6.45, 7) is 1.30. The van der Waals surface area contributed by atoms with Gasteiger partial charge >= 0.3 is 0 Å². The van der Waals surface area contributed by atoms with Crippen molar-refractivity contribution in [2.24, 2.45) is 0 Å². The number of phenols is 1. The van der Waals surface area contributed by atoms with Crippen LogP contribution in [0.5, 0.6) is 34.5 Å². The summed E-state index contributed by atoms with van der Waals surface area (Å²) in [5, 5.41) is 9.83. The molecule has 0 saturated carbocycles. The second-order valence-electron chi connectivity index (χ2n) is 11.8. The van der Waals surface area contributed by atoms with Gasteiger partial charge in [0, 0.05) is 29.8 Å². The van der Waals surface area contributed by atoms with Crippen LogP contribution < -0.4 is 23.7 Å². The normalized spacial score (nSPS) is 13.2. The van der Waals surface area contributed by atoms with Crippen molar-refractivity contribution in [3.8, 4) is 34.5 Å². The molecule has 1 N–H and O–H groups in total. The first kappa shape index (κ1) is 36.2. The Morgan fingerprint density at radius 1 is 0.588 bits per heavy atom. The zero-order chi connectivity index (χ0) is 36.8. The van der Waals surface area contributed by atoms with Crippen LogP contribution in [-0.4, -0.2) is 99.1 Å². The molecule has 2 heterocycles. The van der Waals surface area contributed by atoms with E-state index in [4.69, 9.17) is 23.7 Å². The maximum absolute atomic E-state index is 13.0. The van der Waals surface area contributed by atoms with Gasteiger partial charge in [-0.1, -0.05) is 12.1 Å². The highest BCUT2D eigenvalue weighted by atomic mass is 16.5. The fraction of sp³-hybridized carbons (Fsp3) is 0.263. The van der Waals surface area contributed by atoms with Crippen LogP contribution in [0.15, 0.2) is 72.8 Å². The van der Waals surface area contributed by atoms with Crippen LogP contribution in [0.25, 0.3) is 0 Å². The number of imide groups is 2. The van der Waals surface area contributed by atoms with E-state index in [0.717, 1.165) is 4.90 Å². The van der Waals surface area contributed by atoms with E-state index < -0.39 is 11.8 Å². The SMILES string of the molecule is COc1ccc(CN2C(=O)c3cccc(O)c3C2=O)c(OC)c1.COc1ccc(CN2C(=O)c3cccc(OCCN(C)C)c3C2=O)c(OC)c1. The van der Waals surface area contributed by atoms with Gasteiger partial charge in [-0.15, -0.1) is 0 Å². The Balaban J connectivity index is 0.000000201. The number of likely N-dealkylation sites (N-methyl/N-ethyl adjacent to an activating group) is 1. The Hall–Kier alpha value is -6.08. The molecule has 2 aliphatic rings. The number of benzene rings is 4. The number of hydrogen-bond donors (Lipinski definition) is 1. The standard InChI is InChI=1S/C21H24N2O5.C17H15NO5/c1-22(2)10-11-28-17-7-5-6-16-19(17)21(25)23(20(16)24)13-14-8-9-15(26-3)12-18(14)27-4;1-22-11-7-6-10(14(8-11)23-2)9-18-16(20)12-4-3-5-13(19)15(12)17(18)21/h5-9,12H,10-11,13H2,1-4H3;3-8,19H,9H2,1-2H3. The topological polar surface area (TPSA) is 144 Å². The summed E-state index contributed by atoms with van der Waals surface area (Å²) in [4.78, 5) is 55.0. The molecule has 266 valence electrons. The first-order chi connectivity index (χ1) is 24.5. The number of fused-ring (bicyclic) bond motifs is 2. The third kappa shape index (κ3) is 7.43. The highest BCUT2D eigenvalue weighted by Crippen LogP contribution is 2.35. The van der Waals surface area contributed by atoms with Crippen molar-refractivity contribution >= 4 is 23.6 Å². The van der Waals surface area contributed by atoms with Gasteiger partial charge < -0.3 is 33.7 Å². The van der Waals surface area contributed by atoms with Crippen LogP contribution in [-0.2, 0) is 13.1 Å². The van der Waals surface area contributed by atoms with Gasteiger partial charge in [0.05, 0.1) is 63.8 Å². The molecule has 0 fully saturated rings. The third-order valence-corrected chi connectivity index (χ3v) is 8.38. The number of hydrogen-bond acceptors (Lipinski definition) is 11. The van der Waals surface area contributed by atoms with Crippen molar-refractivity contribution in [1.29, 1.82) is 0 Å². The quantitative estimate of drug-likeness (QED) is 0.207. The van der Waals surface area contributed by atoms with E-state index in [1.165, 1.54) is 37.3 Å². The van der Waals surface area contributed by atoms with Gasteiger partial charge in [0.2, 0.25) is 0 Å². The van der Waals surface area contributed by atoms with Gasteiger partial charge in [0.15, 0.2) is 0 Å². The van der Waals surface area contributed by atoms with Crippen LogP contribution in [0.4, 0.5) is 0 Å². The van der Waals surface area contributed by atoms with Gasteiger partial charge in [0.1, 0.15) is 41.1 Å². The van der Waals surface area contributed by atoms with Crippen LogP contribution in [0.2, 0.25) is 0 Å². The first-order valence-corrected chi connectivity index (χ1v) is 15.9. The zero-order valence-electron chi connectivity index (χ0n) is 29.2. The van der Waals surface area contributed by atoms with Gasteiger partial charge in [-0.2, -0.15) is 0 Å². The van der Waals surface area contributed by atoms with Gasteiger partial charge in [-0.25, -0.2) is 0 Å². The average molecular weight is 698 g/mol. The number of methoxy groups -OCH3 is 4. The predicted octanol–water partition coefficient (Wildman–Crippen LogP) is 4.65. The molecule has 6 rings (SSSR count). The van der Waals surface area contributed by atoms with Crippen LogP contribution in [0.1, 0.15) is 52.6 Å². The average Bonchev–Trinajstić information content (AvgIpc) is 3.53. The van der Waals surface area contributed by atoms with E-state index in [9.17, 15) is 24.3 Å². The number of ether oxygens (including phenoxy) is 5. The van der Waals surface area contributed by atoms with E-state index in [-0.39, 0.29) is 41.8 Å². The summed E-state index contributed by atoms with van der Waals surface area (Å²) in [7, 11) is 10.0. The fourth-order valence-corrected chi connectivity index (χ4v) is 5.67. The third-order valence-electron chi connectivity index (χ3n) is 8.38.